The molecule has 0 fully saturated rings. The Morgan fingerprint density at radius 2 is 1.62 bits per heavy atom. The molecule has 2 rings (SSSR count). The third-order valence-electron chi connectivity index (χ3n) is 4.37. The Labute approximate surface area is 195 Å². The number of thiophene rings is 1. The van der Waals surface area contributed by atoms with E-state index in [4.69, 9.17) is 0 Å². The Bertz CT molecular complexity index is 850. The Balaban J connectivity index is 0.00000420. The zero-order chi connectivity index (χ0) is 20.4. The van der Waals surface area contributed by atoms with E-state index in [2.05, 4.69) is 27.8 Å². The minimum atomic E-state index is -3.37. The highest BCUT2D eigenvalue weighted by molar-refractivity contribution is 14.0. The Hall–Kier alpha value is -1.17. The van der Waals surface area contributed by atoms with Crippen LogP contribution in [0.1, 0.15) is 24.3 Å². The predicted molar refractivity (Wildman–Crippen MR) is 133 cm³/mol. The number of hydrogen-bond donors (Lipinski definition) is 2. The number of hydrogen-bond acceptors (Lipinski definition) is 4. The van der Waals surface area contributed by atoms with E-state index < -0.39 is 10.0 Å². The summed E-state index contributed by atoms with van der Waals surface area (Å²) in [6.07, 6.45) is 1.68. The number of halogens is 1. The molecule has 0 spiro atoms. The smallest absolute Gasteiger partial charge is 0.252 e. The van der Waals surface area contributed by atoms with E-state index in [-0.39, 0.29) is 24.0 Å². The number of guanidine groups is 1. The van der Waals surface area contributed by atoms with Gasteiger partial charge in [0.15, 0.2) is 5.96 Å². The molecular weight excluding hydrogens is 519 g/mol. The molecule has 0 saturated heterocycles. The van der Waals surface area contributed by atoms with Crippen LogP contribution in [0.15, 0.2) is 51.7 Å². The van der Waals surface area contributed by atoms with E-state index in [1.807, 2.05) is 38.1 Å². The molecule has 1 aromatic heterocycles. The van der Waals surface area contributed by atoms with Crippen LogP contribution in [-0.4, -0.2) is 51.9 Å². The van der Waals surface area contributed by atoms with E-state index in [0.29, 0.717) is 23.8 Å². The largest absolute Gasteiger partial charge is 0.356 e. The van der Waals surface area contributed by atoms with Gasteiger partial charge in [0.25, 0.3) is 10.0 Å². The lowest BCUT2D eigenvalue weighted by molar-refractivity contribution is 0.447. The number of rotatable bonds is 10. The van der Waals surface area contributed by atoms with Gasteiger partial charge in [-0.2, -0.15) is 4.31 Å². The summed E-state index contributed by atoms with van der Waals surface area (Å²) in [7, 11) is -1.62. The highest BCUT2D eigenvalue weighted by Gasteiger charge is 2.23. The van der Waals surface area contributed by atoms with Crippen molar-refractivity contribution in [2.24, 2.45) is 4.99 Å². The highest BCUT2D eigenvalue weighted by atomic mass is 127. The van der Waals surface area contributed by atoms with E-state index in [9.17, 15) is 8.42 Å². The number of sulfonamides is 1. The van der Waals surface area contributed by atoms with Crippen molar-refractivity contribution < 1.29 is 8.42 Å². The molecule has 162 valence electrons. The maximum Gasteiger partial charge on any atom is 0.252 e. The number of benzene rings is 1. The van der Waals surface area contributed by atoms with Gasteiger partial charge in [0.2, 0.25) is 0 Å². The van der Waals surface area contributed by atoms with Gasteiger partial charge in [0.05, 0.1) is 0 Å². The second-order valence-corrected chi connectivity index (χ2v) is 9.55. The van der Waals surface area contributed by atoms with Crippen LogP contribution >= 0.6 is 35.3 Å². The third kappa shape index (κ3) is 7.88. The molecule has 0 aliphatic rings. The van der Waals surface area contributed by atoms with E-state index in [1.165, 1.54) is 21.2 Å². The van der Waals surface area contributed by atoms with Crippen molar-refractivity contribution in [3.8, 4) is 0 Å². The maximum absolute atomic E-state index is 12.6. The average molecular weight is 551 g/mol. The van der Waals surface area contributed by atoms with E-state index >= 15 is 0 Å². The molecule has 2 aromatic rings. The van der Waals surface area contributed by atoms with Crippen molar-refractivity contribution in [3.63, 3.8) is 0 Å². The Kier molecular flexibility index (Phi) is 11.8. The van der Waals surface area contributed by atoms with Crippen LogP contribution in [-0.2, 0) is 22.9 Å². The van der Waals surface area contributed by atoms with Gasteiger partial charge < -0.3 is 10.6 Å². The lowest BCUT2D eigenvalue weighted by Gasteiger charge is -2.16. The van der Waals surface area contributed by atoms with Gasteiger partial charge in [-0.25, -0.2) is 8.42 Å². The van der Waals surface area contributed by atoms with Crippen molar-refractivity contribution in [1.29, 1.82) is 0 Å². The van der Waals surface area contributed by atoms with Crippen molar-refractivity contribution in [1.82, 2.24) is 14.9 Å². The summed E-state index contributed by atoms with van der Waals surface area (Å²) in [5.74, 6) is 0.753. The van der Waals surface area contributed by atoms with Gasteiger partial charge >= 0.3 is 0 Å². The SMILES string of the molecule is CCN(CC)S(=O)(=O)c1ccc(CCNC(=NC)NCCc2ccccc2)s1.I. The monoisotopic (exact) mass is 550 g/mol. The van der Waals surface area contributed by atoms with Crippen LogP contribution < -0.4 is 10.6 Å². The third-order valence-corrected chi connectivity index (χ3v) is 8.04. The Morgan fingerprint density at radius 3 is 2.21 bits per heavy atom. The summed E-state index contributed by atoms with van der Waals surface area (Å²) < 4.78 is 27.0. The number of nitrogens with one attached hydrogen (secondary N) is 2. The molecule has 9 heteroatoms. The van der Waals surface area contributed by atoms with Crippen LogP contribution in [0.25, 0.3) is 0 Å². The standard InChI is InChI=1S/C20H30N4O2S2.HI/c1-4-24(5-2)28(25,26)19-12-11-18(27-19)14-16-23-20(21-3)22-15-13-17-9-7-6-8-10-17;/h6-12H,4-5,13-16H2,1-3H3,(H2,21,22,23);1H. The van der Waals surface area contributed by atoms with Crippen LogP contribution in [0.5, 0.6) is 0 Å². The molecule has 0 bridgehead atoms. The van der Waals surface area contributed by atoms with Crippen LogP contribution in [0.2, 0.25) is 0 Å². The van der Waals surface area contributed by atoms with Crippen LogP contribution in [0.3, 0.4) is 0 Å². The number of nitrogens with zero attached hydrogens (tertiary/aromatic N) is 2. The van der Waals surface area contributed by atoms with Crippen molar-refractivity contribution >= 4 is 51.3 Å². The van der Waals surface area contributed by atoms with Gasteiger partial charge in [0, 0.05) is 38.1 Å². The van der Waals surface area contributed by atoms with Crippen molar-refractivity contribution in [2.75, 3.05) is 33.2 Å². The van der Waals surface area contributed by atoms with Crippen molar-refractivity contribution in [3.05, 3.63) is 52.9 Å². The van der Waals surface area contributed by atoms with Crippen LogP contribution in [0.4, 0.5) is 0 Å². The zero-order valence-electron chi connectivity index (χ0n) is 17.2. The molecule has 1 aromatic carbocycles. The molecule has 0 aliphatic heterocycles. The molecule has 6 nitrogen and oxygen atoms in total. The van der Waals surface area contributed by atoms with Gasteiger partial charge in [-0.05, 0) is 30.5 Å². The summed E-state index contributed by atoms with van der Waals surface area (Å²) in [5, 5.41) is 6.59. The molecule has 0 atom stereocenters. The van der Waals surface area contributed by atoms with Gasteiger partial charge in [-0.1, -0.05) is 44.2 Å². The summed E-state index contributed by atoms with van der Waals surface area (Å²) in [6, 6.07) is 13.9. The summed E-state index contributed by atoms with van der Waals surface area (Å²) in [4.78, 5) is 5.28. The van der Waals surface area contributed by atoms with Crippen LogP contribution in [0, 0.1) is 0 Å². The fraction of sp³-hybridized carbons (Fsp3) is 0.450. The van der Waals surface area contributed by atoms with Crippen molar-refractivity contribution in [2.45, 2.75) is 30.9 Å². The topological polar surface area (TPSA) is 73.8 Å². The molecular formula is C20H31IN4O2S2. The summed E-state index contributed by atoms with van der Waals surface area (Å²) in [6.45, 7) is 6.17. The van der Waals surface area contributed by atoms with Gasteiger partial charge in [0.1, 0.15) is 4.21 Å². The molecule has 29 heavy (non-hydrogen) atoms. The zero-order valence-corrected chi connectivity index (χ0v) is 21.2. The fourth-order valence-electron chi connectivity index (χ4n) is 2.82. The van der Waals surface area contributed by atoms with E-state index in [1.54, 1.807) is 13.1 Å². The first kappa shape index (κ1) is 25.9. The molecule has 2 N–H and O–H groups in total. The molecule has 0 amide bonds. The second-order valence-electron chi connectivity index (χ2n) is 6.22. The molecule has 0 radical (unpaired) electrons. The van der Waals surface area contributed by atoms with Gasteiger partial charge in [-0.15, -0.1) is 35.3 Å². The second kappa shape index (κ2) is 13.2. The first-order valence-electron chi connectivity index (χ1n) is 9.58. The van der Waals surface area contributed by atoms with Gasteiger partial charge in [-0.3, -0.25) is 4.99 Å². The summed E-state index contributed by atoms with van der Waals surface area (Å²) in [5.41, 5.74) is 1.28. The molecule has 0 unspecified atom stereocenters. The molecule has 1 heterocycles. The number of aliphatic imine (C=N–C) groups is 1. The lowest BCUT2D eigenvalue weighted by atomic mass is 10.1. The molecule has 0 aliphatic carbocycles. The lowest BCUT2D eigenvalue weighted by Crippen LogP contribution is -2.39. The summed E-state index contributed by atoms with van der Waals surface area (Å²) >= 11 is 1.34. The molecule has 0 saturated carbocycles. The quantitative estimate of drug-likeness (QED) is 0.271. The first-order chi connectivity index (χ1) is 13.5. The predicted octanol–water partition coefficient (Wildman–Crippen LogP) is 3.35. The average Bonchev–Trinajstić information content (AvgIpc) is 3.18. The first-order valence-corrected chi connectivity index (χ1v) is 11.8. The minimum Gasteiger partial charge on any atom is -0.356 e. The van der Waals surface area contributed by atoms with E-state index in [0.717, 1.165) is 30.2 Å². The minimum absolute atomic E-state index is 0. The fourth-order valence-corrected chi connectivity index (χ4v) is 5.78. The maximum atomic E-state index is 12.6. The highest BCUT2D eigenvalue weighted by Crippen LogP contribution is 2.25. The Morgan fingerprint density at radius 1 is 1.00 bits per heavy atom. The normalized spacial score (nSPS) is 11.9.